The molecule has 6 aliphatic rings. The highest BCUT2D eigenvalue weighted by molar-refractivity contribution is 5.68. The molecule has 0 heterocycles. The zero-order chi connectivity index (χ0) is 52.0. The highest BCUT2D eigenvalue weighted by Crippen LogP contribution is 2.49. The Balaban J connectivity index is 0.868. The third kappa shape index (κ3) is 19.9. The van der Waals surface area contributed by atoms with E-state index in [1.165, 1.54) is 12.8 Å². The summed E-state index contributed by atoms with van der Waals surface area (Å²) in [7, 11) is 0. The first-order valence-electron chi connectivity index (χ1n) is 30.2. The fourth-order valence-electron chi connectivity index (χ4n) is 14.5. The lowest BCUT2D eigenvalue weighted by molar-refractivity contribution is -0.0671. The van der Waals surface area contributed by atoms with Crippen LogP contribution in [0.4, 0.5) is 9.59 Å². The Morgan fingerprint density at radius 2 is 0.808 bits per heavy atom. The molecule has 2 amide bonds. The van der Waals surface area contributed by atoms with Crippen molar-refractivity contribution in [3.63, 3.8) is 0 Å². The van der Waals surface area contributed by atoms with Crippen LogP contribution in [0.5, 0.6) is 0 Å². The van der Waals surface area contributed by atoms with Gasteiger partial charge in [0, 0.05) is 25.2 Å². The van der Waals surface area contributed by atoms with Gasteiger partial charge in [0.05, 0.1) is 37.5 Å². The highest BCUT2D eigenvalue weighted by Gasteiger charge is 2.41. The molecule has 73 heavy (non-hydrogen) atoms. The van der Waals surface area contributed by atoms with Gasteiger partial charge in [-0.3, -0.25) is 0 Å². The minimum absolute atomic E-state index is 0.160. The van der Waals surface area contributed by atoms with Gasteiger partial charge in [0.25, 0.3) is 0 Å². The number of nitrogens with one attached hydrogen (secondary N) is 2. The quantitative estimate of drug-likeness (QED) is 0.0630. The smallest absolute Gasteiger partial charge is 0.407 e. The first-order chi connectivity index (χ1) is 35.4. The standard InChI is InChI=1S/C59H102N6O8/c1-7-64(8-2)37-55(72-57(68)62-51-27-15-45(16-28-51)35-43-11-23-49(24-12-43)60-41-66)39-70-53-31-19-47(20-32-53)59(5,6)48-21-33-54(34-22-48)71-40-56(38-65(9-3)10-4)73-58(69)63-52-29-17-46(18-30-52)36-44-13-25-50(26-14-44)61-42-67/h43-56H,7-40H2,1-6H3,(H,62,68)(H,63,69). The number of alkyl carbamates (subject to hydrolysis) is 2. The Hall–Kier alpha value is -2.86. The number of carbonyl (C=O) groups excluding carboxylic acids is 4. The van der Waals surface area contributed by atoms with Crippen LogP contribution in [0, 0.1) is 40.9 Å². The predicted octanol–water partition coefficient (Wildman–Crippen LogP) is 11.7. The van der Waals surface area contributed by atoms with E-state index in [-0.39, 0.29) is 66.2 Å². The van der Waals surface area contributed by atoms with Gasteiger partial charge in [-0.1, -0.05) is 41.5 Å². The topological polar surface area (TPSA) is 160 Å². The van der Waals surface area contributed by atoms with Crippen molar-refractivity contribution < 1.29 is 38.1 Å². The lowest BCUT2D eigenvalue weighted by Gasteiger charge is -2.46. The molecule has 14 nitrogen and oxygen atoms in total. The first kappa shape index (κ1) is 59.4. The van der Waals surface area contributed by atoms with E-state index >= 15 is 0 Å². The maximum atomic E-state index is 13.3. The van der Waals surface area contributed by atoms with Gasteiger partial charge in [-0.15, -0.1) is 0 Å². The van der Waals surface area contributed by atoms with Crippen molar-refractivity contribution in [2.45, 2.75) is 257 Å². The molecular formula is C59H102N6O8. The fraction of sp³-hybridized carbons (Fsp3) is 0.932. The van der Waals surface area contributed by atoms with Crippen LogP contribution in [-0.2, 0) is 28.5 Å². The van der Waals surface area contributed by atoms with Gasteiger partial charge in [-0.2, -0.15) is 0 Å². The molecule has 6 saturated carbocycles. The molecule has 416 valence electrons. The van der Waals surface area contributed by atoms with Crippen molar-refractivity contribution in [1.29, 1.82) is 0 Å². The molecule has 6 aliphatic carbocycles. The minimum Gasteiger partial charge on any atom is -0.442 e. The van der Waals surface area contributed by atoms with Gasteiger partial charge in [0.1, 0.15) is 12.2 Å². The average Bonchev–Trinajstić information content (AvgIpc) is 3.40. The van der Waals surface area contributed by atoms with Crippen molar-refractivity contribution in [3.8, 4) is 0 Å². The summed E-state index contributed by atoms with van der Waals surface area (Å²) in [6.45, 7) is 19.5. The lowest BCUT2D eigenvalue weighted by atomic mass is 9.60. The summed E-state index contributed by atoms with van der Waals surface area (Å²) in [6.07, 6.45) is 31.1. The summed E-state index contributed by atoms with van der Waals surface area (Å²) >= 11 is 0. The van der Waals surface area contributed by atoms with Crippen molar-refractivity contribution in [2.75, 3.05) is 52.5 Å². The number of hydrogen-bond donors (Lipinski definition) is 2. The number of carbonyl (C=O) groups is 2. The van der Waals surface area contributed by atoms with Crippen LogP contribution in [0.1, 0.15) is 208 Å². The second-order valence-corrected chi connectivity index (χ2v) is 24.4. The van der Waals surface area contributed by atoms with Gasteiger partial charge in [-0.25, -0.2) is 29.2 Å². The summed E-state index contributed by atoms with van der Waals surface area (Å²) in [5.41, 5.74) is 0.229. The van der Waals surface area contributed by atoms with E-state index < -0.39 is 0 Å². The molecule has 0 aromatic heterocycles. The molecule has 0 spiro atoms. The predicted molar refractivity (Wildman–Crippen MR) is 288 cm³/mol. The lowest BCUT2D eigenvalue weighted by Crippen LogP contribution is -2.44. The summed E-state index contributed by atoms with van der Waals surface area (Å²) in [4.78, 5) is 60.6. The number of rotatable bonds is 26. The molecule has 14 heteroatoms. The summed E-state index contributed by atoms with van der Waals surface area (Å²) in [6, 6.07) is 0.671. The van der Waals surface area contributed by atoms with Crippen LogP contribution in [0.2, 0.25) is 0 Å². The number of hydrogen-bond acceptors (Lipinski definition) is 12. The summed E-state index contributed by atoms with van der Waals surface area (Å²) < 4.78 is 25.5. The Labute approximate surface area is 441 Å². The number of aliphatic imine (C=N–C) groups is 2. The van der Waals surface area contributed by atoms with E-state index in [2.05, 4.69) is 72.0 Å². The molecule has 0 bridgehead atoms. The number of likely N-dealkylation sites (N-methyl/N-ethyl adjacent to an activating group) is 2. The van der Waals surface area contributed by atoms with E-state index in [4.69, 9.17) is 18.9 Å². The molecule has 2 unspecified atom stereocenters. The van der Waals surface area contributed by atoms with Crippen molar-refractivity contribution in [1.82, 2.24) is 20.4 Å². The second kappa shape index (κ2) is 31.4. The van der Waals surface area contributed by atoms with Crippen molar-refractivity contribution in [2.24, 2.45) is 50.9 Å². The largest absolute Gasteiger partial charge is 0.442 e. The molecule has 6 rings (SSSR count). The third-order valence-corrected chi connectivity index (χ3v) is 19.5. The molecule has 2 N–H and O–H groups in total. The Morgan fingerprint density at radius 1 is 0.493 bits per heavy atom. The van der Waals surface area contributed by atoms with E-state index in [1.807, 2.05) is 0 Å². The van der Waals surface area contributed by atoms with Crippen molar-refractivity contribution >= 4 is 24.3 Å². The van der Waals surface area contributed by atoms with Gasteiger partial charge in [-0.05, 0) is 234 Å². The van der Waals surface area contributed by atoms with Gasteiger partial charge in [0.2, 0.25) is 12.2 Å². The number of isocyanates is 2. The zero-order valence-corrected chi connectivity index (χ0v) is 46.7. The van der Waals surface area contributed by atoms with E-state index in [1.54, 1.807) is 12.2 Å². The van der Waals surface area contributed by atoms with E-state index in [9.17, 15) is 19.2 Å². The van der Waals surface area contributed by atoms with Crippen LogP contribution >= 0.6 is 0 Å². The number of nitrogens with zero attached hydrogens (tertiary/aromatic N) is 4. The molecule has 0 radical (unpaired) electrons. The minimum atomic E-state index is -0.312. The molecule has 0 aromatic rings. The van der Waals surface area contributed by atoms with Crippen LogP contribution in [0.15, 0.2) is 9.98 Å². The molecule has 0 aliphatic heterocycles. The molecule has 0 saturated heterocycles. The summed E-state index contributed by atoms with van der Waals surface area (Å²) in [5.74, 6) is 4.17. The Bertz CT molecular complexity index is 1550. The van der Waals surface area contributed by atoms with Crippen molar-refractivity contribution in [3.05, 3.63) is 0 Å². The van der Waals surface area contributed by atoms with Crippen LogP contribution < -0.4 is 10.6 Å². The fourth-order valence-corrected chi connectivity index (χ4v) is 14.5. The Morgan fingerprint density at radius 3 is 1.11 bits per heavy atom. The monoisotopic (exact) mass is 1020 g/mol. The second-order valence-electron chi connectivity index (χ2n) is 24.4. The third-order valence-electron chi connectivity index (χ3n) is 19.5. The van der Waals surface area contributed by atoms with E-state index in [0.29, 0.717) is 50.0 Å². The first-order valence-corrected chi connectivity index (χ1v) is 30.2. The normalized spacial score (nSPS) is 32.1. The maximum absolute atomic E-state index is 13.3. The zero-order valence-electron chi connectivity index (χ0n) is 46.7. The highest BCUT2D eigenvalue weighted by atomic mass is 16.6. The van der Waals surface area contributed by atoms with Crippen LogP contribution in [0.25, 0.3) is 0 Å². The summed E-state index contributed by atoms with van der Waals surface area (Å²) in [5, 5.41) is 6.46. The average molecular weight is 1020 g/mol. The molecule has 0 aromatic carbocycles. The SMILES string of the molecule is CCN(CC)CC(COC1CCC(C(C)(C)C2CCC(OCC(CN(CC)CC)OC(=O)NC3CCC(CC4CCC(N=C=O)CC4)CC3)CC2)CC1)OC(=O)NC1CCC(CC2CCC(N=C=O)CC2)CC1. The number of ether oxygens (including phenoxy) is 4. The maximum Gasteiger partial charge on any atom is 0.407 e. The number of amides is 2. The Kier molecular flexibility index (Phi) is 25.5. The van der Waals surface area contributed by atoms with Gasteiger partial charge < -0.3 is 39.4 Å². The van der Waals surface area contributed by atoms with Gasteiger partial charge in [0.15, 0.2) is 0 Å². The van der Waals surface area contributed by atoms with Crippen LogP contribution in [0.3, 0.4) is 0 Å². The molecular weight excluding hydrogens is 921 g/mol. The van der Waals surface area contributed by atoms with Gasteiger partial charge >= 0.3 is 12.2 Å². The van der Waals surface area contributed by atoms with Crippen LogP contribution in [-0.4, -0.2) is 135 Å². The molecule has 6 fully saturated rings. The molecule has 2 atom stereocenters. The van der Waals surface area contributed by atoms with E-state index in [0.717, 1.165) is 192 Å².